The molecule has 0 radical (unpaired) electrons. The summed E-state index contributed by atoms with van der Waals surface area (Å²) in [5.41, 5.74) is 4.88. The molecular formula is C10H10N2O4S. The van der Waals surface area contributed by atoms with Crippen molar-refractivity contribution in [1.82, 2.24) is 5.32 Å². The first kappa shape index (κ1) is 12.9. The van der Waals surface area contributed by atoms with Gasteiger partial charge in [-0.3, -0.25) is 9.59 Å². The van der Waals surface area contributed by atoms with Gasteiger partial charge in [-0.15, -0.1) is 11.3 Å². The fourth-order valence-corrected chi connectivity index (χ4v) is 1.80. The van der Waals surface area contributed by atoms with E-state index in [9.17, 15) is 14.4 Å². The Bertz CT molecular complexity index is 478. The molecule has 1 rings (SSSR count). The largest absolute Gasteiger partial charge is 0.478 e. The van der Waals surface area contributed by atoms with Crippen molar-refractivity contribution in [3.05, 3.63) is 28.0 Å². The molecule has 0 aliphatic heterocycles. The van der Waals surface area contributed by atoms with Crippen LogP contribution in [0.5, 0.6) is 0 Å². The summed E-state index contributed by atoms with van der Waals surface area (Å²) in [4.78, 5) is 33.2. The number of aliphatic carboxylic acids is 1. The van der Waals surface area contributed by atoms with E-state index in [0.717, 1.165) is 17.4 Å². The number of rotatable bonds is 5. The molecule has 90 valence electrons. The Labute approximate surface area is 101 Å². The highest BCUT2D eigenvalue weighted by atomic mass is 32.1. The molecular weight excluding hydrogens is 244 g/mol. The summed E-state index contributed by atoms with van der Waals surface area (Å²) in [6.45, 7) is -0.225. The number of carboxylic acids is 1. The Balaban J connectivity index is 2.64. The van der Waals surface area contributed by atoms with Crippen LogP contribution in [0.15, 0.2) is 18.2 Å². The molecule has 0 saturated carbocycles. The number of thiophene rings is 1. The zero-order valence-electron chi connectivity index (χ0n) is 8.67. The van der Waals surface area contributed by atoms with Crippen LogP contribution in [-0.4, -0.2) is 29.4 Å². The normalized spacial score (nSPS) is 10.4. The lowest BCUT2D eigenvalue weighted by atomic mass is 10.4. The third-order valence-electron chi connectivity index (χ3n) is 1.66. The molecule has 0 bridgehead atoms. The maximum absolute atomic E-state index is 11.5. The molecule has 6 nitrogen and oxygen atoms in total. The SMILES string of the molecule is NC(=O)CNC(=O)c1ccc(/C=C/C(=O)O)s1. The molecule has 0 aromatic carbocycles. The molecule has 0 saturated heterocycles. The quantitative estimate of drug-likeness (QED) is 0.645. The Morgan fingerprint density at radius 1 is 1.41 bits per heavy atom. The van der Waals surface area contributed by atoms with Crippen LogP contribution in [0.1, 0.15) is 14.5 Å². The molecule has 0 aliphatic rings. The van der Waals surface area contributed by atoms with E-state index in [-0.39, 0.29) is 6.54 Å². The van der Waals surface area contributed by atoms with Gasteiger partial charge in [0, 0.05) is 11.0 Å². The van der Waals surface area contributed by atoms with Gasteiger partial charge >= 0.3 is 5.97 Å². The van der Waals surface area contributed by atoms with Gasteiger partial charge < -0.3 is 16.2 Å². The van der Waals surface area contributed by atoms with E-state index in [1.165, 1.54) is 6.08 Å². The molecule has 0 aliphatic carbocycles. The minimum atomic E-state index is -1.06. The third kappa shape index (κ3) is 4.47. The number of hydrogen-bond donors (Lipinski definition) is 3. The van der Waals surface area contributed by atoms with Crippen molar-refractivity contribution in [3.63, 3.8) is 0 Å². The Kier molecular flexibility index (Phi) is 4.41. The Hall–Kier alpha value is -2.15. The zero-order chi connectivity index (χ0) is 12.8. The van der Waals surface area contributed by atoms with Gasteiger partial charge in [0.15, 0.2) is 0 Å². The third-order valence-corrected chi connectivity index (χ3v) is 2.71. The predicted molar refractivity (Wildman–Crippen MR) is 62.5 cm³/mol. The van der Waals surface area contributed by atoms with Crippen molar-refractivity contribution in [3.8, 4) is 0 Å². The van der Waals surface area contributed by atoms with Crippen LogP contribution < -0.4 is 11.1 Å². The average molecular weight is 254 g/mol. The molecule has 17 heavy (non-hydrogen) atoms. The van der Waals surface area contributed by atoms with Gasteiger partial charge in [0.2, 0.25) is 5.91 Å². The number of hydrogen-bond acceptors (Lipinski definition) is 4. The summed E-state index contributed by atoms with van der Waals surface area (Å²) < 4.78 is 0. The molecule has 4 N–H and O–H groups in total. The highest BCUT2D eigenvalue weighted by Crippen LogP contribution is 2.17. The van der Waals surface area contributed by atoms with Crippen LogP contribution in [0.3, 0.4) is 0 Å². The monoisotopic (exact) mass is 254 g/mol. The van der Waals surface area contributed by atoms with Gasteiger partial charge in [-0.2, -0.15) is 0 Å². The van der Waals surface area contributed by atoms with E-state index in [1.54, 1.807) is 12.1 Å². The first-order chi connectivity index (χ1) is 7.99. The van der Waals surface area contributed by atoms with Crippen LogP contribution in [0.25, 0.3) is 6.08 Å². The fraction of sp³-hybridized carbons (Fsp3) is 0.100. The zero-order valence-corrected chi connectivity index (χ0v) is 9.49. The molecule has 1 aromatic rings. The van der Waals surface area contributed by atoms with Gasteiger partial charge in [0.25, 0.3) is 5.91 Å². The average Bonchev–Trinajstić information content (AvgIpc) is 2.71. The second kappa shape index (κ2) is 5.80. The predicted octanol–water partition coefficient (Wildman–Crippen LogP) is 0.0610. The van der Waals surface area contributed by atoms with E-state index in [1.807, 2.05) is 0 Å². The van der Waals surface area contributed by atoms with Gasteiger partial charge in [-0.05, 0) is 18.2 Å². The number of carboxylic acid groups (broad SMARTS) is 1. The van der Waals surface area contributed by atoms with Crippen molar-refractivity contribution in [2.24, 2.45) is 5.73 Å². The smallest absolute Gasteiger partial charge is 0.328 e. The molecule has 1 aromatic heterocycles. The van der Waals surface area contributed by atoms with E-state index < -0.39 is 17.8 Å². The van der Waals surface area contributed by atoms with Crippen molar-refractivity contribution in [2.75, 3.05) is 6.54 Å². The maximum atomic E-state index is 11.5. The Morgan fingerprint density at radius 3 is 2.71 bits per heavy atom. The molecule has 0 atom stereocenters. The summed E-state index contributed by atoms with van der Waals surface area (Å²) in [6.07, 6.45) is 2.37. The number of nitrogens with two attached hydrogens (primary N) is 1. The summed E-state index contributed by atoms with van der Waals surface area (Å²) >= 11 is 1.12. The topological polar surface area (TPSA) is 109 Å². The van der Waals surface area contributed by atoms with Crippen LogP contribution in [-0.2, 0) is 9.59 Å². The van der Waals surface area contributed by atoms with Crippen LogP contribution in [0.4, 0.5) is 0 Å². The summed E-state index contributed by atoms with van der Waals surface area (Å²) in [5.74, 6) is -2.09. The van der Waals surface area contributed by atoms with E-state index in [0.29, 0.717) is 9.75 Å². The number of carbonyl (C=O) groups is 3. The number of carbonyl (C=O) groups excluding carboxylic acids is 2. The molecule has 0 spiro atoms. The fourth-order valence-electron chi connectivity index (χ4n) is 0.972. The molecule has 7 heteroatoms. The minimum absolute atomic E-state index is 0.225. The lowest BCUT2D eigenvalue weighted by molar-refractivity contribution is -0.131. The lowest BCUT2D eigenvalue weighted by Gasteiger charge is -1.98. The van der Waals surface area contributed by atoms with Gasteiger partial charge in [-0.1, -0.05) is 0 Å². The van der Waals surface area contributed by atoms with E-state index in [4.69, 9.17) is 10.8 Å². The summed E-state index contributed by atoms with van der Waals surface area (Å²) in [6, 6.07) is 3.16. The van der Waals surface area contributed by atoms with Crippen molar-refractivity contribution < 1.29 is 19.5 Å². The van der Waals surface area contributed by atoms with Gasteiger partial charge in [-0.25, -0.2) is 4.79 Å². The maximum Gasteiger partial charge on any atom is 0.328 e. The molecule has 0 unspecified atom stereocenters. The molecule has 0 fully saturated rings. The van der Waals surface area contributed by atoms with Gasteiger partial charge in [0.05, 0.1) is 11.4 Å². The standard InChI is InChI=1S/C10H10N2O4S/c11-8(13)5-12-10(16)7-3-1-6(17-7)2-4-9(14)15/h1-4H,5H2,(H2,11,13)(H,12,16)(H,14,15)/b4-2+. The number of amides is 2. The Morgan fingerprint density at radius 2 is 2.12 bits per heavy atom. The summed E-state index contributed by atoms with van der Waals surface area (Å²) in [7, 11) is 0. The first-order valence-corrected chi connectivity index (χ1v) is 5.38. The highest BCUT2D eigenvalue weighted by molar-refractivity contribution is 7.14. The van der Waals surface area contributed by atoms with Crippen LogP contribution in [0.2, 0.25) is 0 Å². The lowest BCUT2D eigenvalue weighted by Crippen LogP contribution is -2.32. The number of primary amides is 1. The second-order valence-corrected chi connectivity index (χ2v) is 4.14. The van der Waals surface area contributed by atoms with Crippen molar-refractivity contribution in [2.45, 2.75) is 0 Å². The second-order valence-electron chi connectivity index (χ2n) is 3.02. The molecule has 2 amide bonds. The minimum Gasteiger partial charge on any atom is -0.478 e. The highest BCUT2D eigenvalue weighted by Gasteiger charge is 2.08. The van der Waals surface area contributed by atoms with Gasteiger partial charge in [0.1, 0.15) is 0 Å². The van der Waals surface area contributed by atoms with E-state index in [2.05, 4.69) is 5.32 Å². The first-order valence-electron chi connectivity index (χ1n) is 4.56. The number of nitrogens with one attached hydrogen (secondary N) is 1. The van der Waals surface area contributed by atoms with Crippen molar-refractivity contribution in [1.29, 1.82) is 0 Å². The van der Waals surface area contributed by atoms with Crippen LogP contribution in [0, 0.1) is 0 Å². The van der Waals surface area contributed by atoms with E-state index >= 15 is 0 Å². The summed E-state index contributed by atoms with van der Waals surface area (Å²) in [5, 5.41) is 10.8. The van der Waals surface area contributed by atoms with Crippen molar-refractivity contribution >= 4 is 35.2 Å². The molecule has 1 heterocycles. The van der Waals surface area contributed by atoms with Crippen LogP contribution >= 0.6 is 11.3 Å².